The Kier molecular flexibility index (Phi) is 5.39. The van der Waals surface area contributed by atoms with E-state index in [1.165, 1.54) is 19.2 Å². The molecule has 1 aromatic carbocycles. The highest BCUT2D eigenvalue weighted by Gasteiger charge is 2.45. The van der Waals surface area contributed by atoms with Crippen LogP contribution in [0.15, 0.2) is 12.1 Å². The van der Waals surface area contributed by atoms with Crippen LogP contribution in [-0.2, 0) is 4.74 Å². The van der Waals surface area contributed by atoms with E-state index in [0.717, 1.165) is 0 Å². The number of carbonyl (C=O) groups is 1. The predicted octanol–water partition coefficient (Wildman–Crippen LogP) is -1.73. The highest BCUT2D eigenvalue weighted by Crippen LogP contribution is 2.36. The first-order valence-corrected chi connectivity index (χ1v) is 6.83. The van der Waals surface area contributed by atoms with Gasteiger partial charge in [-0.2, -0.15) is 0 Å². The number of aliphatic hydroxyl groups excluding tert-OH is 4. The quantitative estimate of drug-likeness (QED) is 0.313. The zero-order valence-corrected chi connectivity index (χ0v) is 12.3. The molecule has 5 atom stereocenters. The summed E-state index contributed by atoms with van der Waals surface area (Å²) in [6.07, 6.45) is -6.64. The highest BCUT2D eigenvalue weighted by molar-refractivity contribution is 5.89. The monoisotopic (exact) mass is 329 g/mol. The molecule has 0 unspecified atom stereocenters. The van der Waals surface area contributed by atoms with Gasteiger partial charge in [0.1, 0.15) is 24.4 Å². The summed E-state index contributed by atoms with van der Waals surface area (Å²) in [5.74, 6) is 0.0880. The van der Waals surface area contributed by atoms with Gasteiger partial charge in [0.05, 0.1) is 19.3 Å². The molecule has 1 fully saturated rings. The van der Waals surface area contributed by atoms with Crippen molar-refractivity contribution in [2.75, 3.05) is 19.5 Å². The summed E-state index contributed by atoms with van der Waals surface area (Å²) in [4.78, 5) is 11.1. The molecule has 0 aliphatic carbocycles. The van der Waals surface area contributed by atoms with Crippen molar-refractivity contribution in [3.05, 3.63) is 17.7 Å². The number of carbonyl (C=O) groups excluding carboxylic acids is 1. The zero-order valence-electron chi connectivity index (χ0n) is 12.3. The molecule has 0 radical (unpaired) electrons. The second kappa shape index (κ2) is 7.11. The van der Waals surface area contributed by atoms with Crippen LogP contribution < -0.4 is 15.2 Å². The molecule has 1 aliphatic heterocycles. The van der Waals surface area contributed by atoms with Crippen LogP contribution in [0.1, 0.15) is 10.4 Å². The van der Waals surface area contributed by atoms with Crippen LogP contribution in [0.25, 0.3) is 0 Å². The molecule has 0 aromatic heterocycles. The number of hydrogen-bond donors (Lipinski definition) is 5. The molecular formula is C14H19NO8. The maximum atomic E-state index is 11.1. The Morgan fingerprint density at radius 1 is 1.26 bits per heavy atom. The van der Waals surface area contributed by atoms with E-state index in [9.17, 15) is 20.1 Å². The Hall–Kier alpha value is -1.91. The number of aldehydes is 1. The van der Waals surface area contributed by atoms with Gasteiger partial charge in [-0.1, -0.05) is 0 Å². The Labute approximate surface area is 131 Å². The third-order valence-corrected chi connectivity index (χ3v) is 3.61. The molecule has 9 nitrogen and oxygen atoms in total. The maximum absolute atomic E-state index is 11.1. The molecule has 0 spiro atoms. The topological polar surface area (TPSA) is 152 Å². The summed E-state index contributed by atoms with van der Waals surface area (Å²) >= 11 is 0. The van der Waals surface area contributed by atoms with E-state index in [1.54, 1.807) is 0 Å². The third kappa shape index (κ3) is 3.23. The minimum Gasteiger partial charge on any atom is -0.492 e. The highest BCUT2D eigenvalue weighted by atomic mass is 16.7. The molecule has 9 heteroatoms. The molecule has 0 saturated carbocycles. The fraction of sp³-hybridized carbons (Fsp3) is 0.500. The van der Waals surface area contributed by atoms with E-state index < -0.39 is 37.3 Å². The molecule has 2 rings (SSSR count). The van der Waals surface area contributed by atoms with Crippen molar-refractivity contribution in [2.24, 2.45) is 0 Å². The van der Waals surface area contributed by atoms with E-state index in [4.69, 9.17) is 25.1 Å². The van der Waals surface area contributed by atoms with Crippen LogP contribution in [-0.4, -0.2) is 71.1 Å². The molecule has 128 valence electrons. The molecule has 1 heterocycles. The van der Waals surface area contributed by atoms with E-state index in [1.807, 2.05) is 0 Å². The number of nitrogens with two attached hydrogens (primary N) is 1. The van der Waals surface area contributed by atoms with Crippen molar-refractivity contribution in [3.63, 3.8) is 0 Å². The number of benzene rings is 1. The van der Waals surface area contributed by atoms with E-state index in [-0.39, 0.29) is 22.7 Å². The van der Waals surface area contributed by atoms with Crippen molar-refractivity contribution >= 4 is 12.0 Å². The molecule has 1 saturated heterocycles. The van der Waals surface area contributed by atoms with Gasteiger partial charge < -0.3 is 40.4 Å². The van der Waals surface area contributed by atoms with Gasteiger partial charge in [-0.05, 0) is 12.1 Å². The van der Waals surface area contributed by atoms with Gasteiger partial charge >= 0.3 is 0 Å². The summed E-state index contributed by atoms with van der Waals surface area (Å²) < 4.78 is 15.8. The Morgan fingerprint density at radius 2 is 1.96 bits per heavy atom. The zero-order chi connectivity index (χ0) is 17.1. The van der Waals surface area contributed by atoms with Crippen LogP contribution in [0, 0.1) is 0 Å². The lowest BCUT2D eigenvalue weighted by Crippen LogP contribution is -2.60. The standard InChI is InChI=1S/C14H19NO8/c1-21-13-6(4-16)7(15)2-3-8(13)22-14-12(20)11(19)10(18)9(5-17)23-14/h2-4,9-12,14,17-20H,5,15H2,1H3/t9-,10-,11+,12-,14-/m1/s1. The molecule has 1 aliphatic rings. The number of anilines is 1. The second-order valence-electron chi connectivity index (χ2n) is 5.03. The largest absolute Gasteiger partial charge is 0.492 e. The van der Waals surface area contributed by atoms with Gasteiger partial charge in [0.2, 0.25) is 6.29 Å². The van der Waals surface area contributed by atoms with Crippen LogP contribution in [0.5, 0.6) is 11.5 Å². The number of methoxy groups -OCH3 is 1. The van der Waals surface area contributed by atoms with Crippen molar-refractivity contribution < 1.29 is 39.4 Å². The number of rotatable bonds is 5. The first-order valence-electron chi connectivity index (χ1n) is 6.83. The molecule has 0 amide bonds. The molecule has 1 aromatic rings. The Morgan fingerprint density at radius 3 is 2.52 bits per heavy atom. The summed E-state index contributed by atoms with van der Waals surface area (Å²) in [5.41, 5.74) is 5.91. The van der Waals surface area contributed by atoms with Crippen LogP contribution >= 0.6 is 0 Å². The van der Waals surface area contributed by atoms with Crippen molar-refractivity contribution in [2.45, 2.75) is 30.7 Å². The SMILES string of the molecule is COc1c(O[C@@H]2O[C@H](CO)[C@@H](O)[C@H](O)[C@H]2O)ccc(N)c1C=O. The fourth-order valence-electron chi connectivity index (χ4n) is 2.31. The lowest BCUT2D eigenvalue weighted by molar-refractivity contribution is -0.277. The lowest BCUT2D eigenvalue weighted by atomic mass is 9.99. The minimum absolute atomic E-state index is 0.0389. The van der Waals surface area contributed by atoms with Crippen molar-refractivity contribution in [1.29, 1.82) is 0 Å². The predicted molar refractivity (Wildman–Crippen MR) is 77.2 cm³/mol. The second-order valence-corrected chi connectivity index (χ2v) is 5.03. The molecule has 23 heavy (non-hydrogen) atoms. The van der Waals surface area contributed by atoms with Gasteiger partial charge in [-0.15, -0.1) is 0 Å². The summed E-state index contributed by atoms with van der Waals surface area (Å²) in [5, 5.41) is 38.6. The minimum atomic E-state index is -1.57. The van der Waals surface area contributed by atoms with Gasteiger partial charge in [0.25, 0.3) is 0 Å². The normalized spacial score (nSPS) is 30.7. The summed E-state index contributed by atoms with van der Waals surface area (Å²) in [6.45, 7) is -0.580. The average molecular weight is 329 g/mol. The van der Waals surface area contributed by atoms with Crippen LogP contribution in [0.2, 0.25) is 0 Å². The number of nitrogen functional groups attached to an aromatic ring is 1. The van der Waals surface area contributed by atoms with Crippen LogP contribution in [0.3, 0.4) is 0 Å². The fourth-order valence-corrected chi connectivity index (χ4v) is 2.31. The van der Waals surface area contributed by atoms with Crippen molar-refractivity contribution in [3.8, 4) is 11.5 Å². The van der Waals surface area contributed by atoms with Gasteiger partial charge in [-0.25, -0.2) is 0 Å². The first kappa shape index (κ1) is 17.4. The first-order chi connectivity index (χ1) is 10.9. The van der Waals surface area contributed by atoms with E-state index >= 15 is 0 Å². The maximum Gasteiger partial charge on any atom is 0.229 e. The van der Waals surface area contributed by atoms with E-state index in [0.29, 0.717) is 6.29 Å². The summed E-state index contributed by atoms with van der Waals surface area (Å²) in [7, 11) is 1.31. The van der Waals surface area contributed by atoms with Gasteiger partial charge in [-0.3, -0.25) is 4.79 Å². The number of aliphatic hydroxyl groups is 4. The van der Waals surface area contributed by atoms with E-state index in [2.05, 4.69) is 0 Å². The number of hydrogen-bond acceptors (Lipinski definition) is 9. The smallest absolute Gasteiger partial charge is 0.229 e. The molecule has 6 N–H and O–H groups in total. The molecule has 0 bridgehead atoms. The average Bonchev–Trinajstić information content (AvgIpc) is 2.56. The Balaban J connectivity index is 2.29. The number of ether oxygens (including phenoxy) is 3. The van der Waals surface area contributed by atoms with Crippen LogP contribution in [0.4, 0.5) is 5.69 Å². The van der Waals surface area contributed by atoms with Gasteiger partial charge in [0.15, 0.2) is 17.8 Å². The molecular weight excluding hydrogens is 310 g/mol. The third-order valence-electron chi connectivity index (χ3n) is 3.61. The Bertz CT molecular complexity index is 564. The lowest BCUT2D eigenvalue weighted by Gasteiger charge is -2.39. The van der Waals surface area contributed by atoms with Crippen molar-refractivity contribution in [1.82, 2.24) is 0 Å². The summed E-state index contributed by atoms with van der Waals surface area (Å²) in [6, 6.07) is 2.81. The van der Waals surface area contributed by atoms with Gasteiger partial charge in [0, 0.05) is 5.69 Å².